The van der Waals surface area contributed by atoms with Crippen molar-refractivity contribution in [1.29, 1.82) is 0 Å². The molecule has 0 fully saturated rings. The summed E-state index contributed by atoms with van der Waals surface area (Å²) in [6.45, 7) is 5.91. The van der Waals surface area contributed by atoms with Crippen LogP contribution in [0.4, 0.5) is 0 Å². The molecule has 1 heterocycles. The fraction of sp³-hybridized carbons (Fsp3) is 0.259. The molecule has 0 saturated heterocycles. The molecule has 4 aromatic rings. The highest BCUT2D eigenvalue weighted by Crippen LogP contribution is 2.22. The normalized spacial score (nSPS) is 12.0. The Morgan fingerprint density at radius 2 is 1.88 bits per heavy atom. The van der Waals surface area contributed by atoms with Crippen LogP contribution < -0.4 is 10.1 Å². The molecule has 1 amide bonds. The highest BCUT2D eigenvalue weighted by molar-refractivity contribution is 9.10. The zero-order chi connectivity index (χ0) is 23.2. The van der Waals surface area contributed by atoms with Gasteiger partial charge in [0.1, 0.15) is 18.2 Å². The minimum atomic E-state index is -0.132. The average molecular weight is 506 g/mol. The highest BCUT2D eigenvalue weighted by atomic mass is 79.9. The molecule has 1 unspecified atom stereocenters. The van der Waals surface area contributed by atoms with Gasteiger partial charge in [0.05, 0.1) is 24.1 Å². The number of hydrogen-bond acceptors (Lipinski definition) is 3. The lowest BCUT2D eigenvalue weighted by atomic mass is 9.99. The van der Waals surface area contributed by atoms with Gasteiger partial charge in [0, 0.05) is 10.0 Å². The van der Waals surface area contributed by atoms with Crippen molar-refractivity contribution in [2.24, 2.45) is 0 Å². The van der Waals surface area contributed by atoms with Crippen LogP contribution in [-0.2, 0) is 13.1 Å². The second kappa shape index (κ2) is 10.7. The topological polar surface area (TPSA) is 56.1 Å². The summed E-state index contributed by atoms with van der Waals surface area (Å²) in [4.78, 5) is 17.3. The second-order valence-corrected chi connectivity index (χ2v) is 9.00. The summed E-state index contributed by atoms with van der Waals surface area (Å²) in [6.07, 6.45) is 1.12. The minimum Gasteiger partial charge on any atom is -0.492 e. The molecule has 0 saturated carbocycles. The summed E-state index contributed by atoms with van der Waals surface area (Å²) in [7, 11) is 0. The second-order valence-electron chi connectivity index (χ2n) is 8.09. The quantitative estimate of drug-likeness (QED) is 0.289. The molecule has 1 aromatic heterocycles. The first kappa shape index (κ1) is 23.1. The van der Waals surface area contributed by atoms with Gasteiger partial charge in [-0.3, -0.25) is 4.79 Å². The Kier molecular flexibility index (Phi) is 7.45. The third kappa shape index (κ3) is 5.63. The smallest absolute Gasteiger partial charge is 0.251 e. The van der Waals surface area contributed by atoms with Crippen LogP contribution in [-0.4, -0.2) is 22.1 Å². The number of nitrogens with one attached hydrogen (secondary N) is 1. The Balaban J connectivity index is 1.44. The lowest BCUT2D eigenvalue weighted by Crippen LogP contribution is -2.25. The molecule has 0 spiro atoms. The van der Waals surface area contributed by atoms with Crippen LogP contribution in [0.1, 0.15) is 47.9 Å². The minimum absolute atomic E-state index is 0.132. The summed E-state index contributed by atoms with van der Waals surface area (Å²) in [5.41, 5.74) is 3.87. The van der Waals surface area contributed by atoms with Gasteiger partial charge in [0.2, 0.25) is 0 Å². The standard InChI is InChI=1S/C27H28BrN3O2/c1-3-19(2)20-11-13-23(14-12-20)33-16-15-31-25-10-5-4-9-24(25)30-26(31)18-29-27(32)21-7-6-8-22(28)17-21/h4-14,17,19H,3,15-16,18H2,1-2H3,(H,29,32). The first-order valence-electron chi connectivity index (χ1n) is 11.3. The van der Waals surface area contributed by atoms with Crippen molar-refractivity contribution in [3.63, 3.8) is 0 Å². The van der Waals surface area contributed by atoms with E-state index in [-0.39, 0.29) is 5.91 Å². The fourth-order valence-electron chi connectivity index (χ4n) is 3.78. The SMILES string of the molecule is CCC(C)c1ccc(OCCn2c(CNC(=O)c3cccc(Br)c3)nc3ccccc32)cc1. The Bertz CT molecular complexity index is 1230. The Labute approximate surface area is 202 Å². The van der Waals surface area contributed by atoms with Crippen molar-refractivity contribution in [3.05, 3.63) is 94.2 Å². The van der Waals surface area contributed by atoms with Crippen molar-refractivity contribution in [2.75, 3.05) is 6.61 Å². The number of fused-ring (bicyclic) bond motifs is 1. The van der Waals surface area contributed by atoms with Gasteiger partial charge in [-0.2, -0.15) is 0 Å². The summed E-state index contributed by atoms with van der Waals surface area (Å²) in [5, 5.41) is 2.99. The van der Waals surface area contributed by atoms with Gasteiger partial charge in [0.25, 0.3) is 5.91 Å². The number of rotatable bonds is 9. The van der Waals surface area contributed by atoms with Crippen LogP contribution in [0.3, 0.4) is 0 Å². The largest absolute Gasteiger partial charge is 0.492 e. The fourth-order valence-corrected chi connectivity index (χ4v) is 4.18. The first-order chi connectivity index (χ1) is 16.0. The molecule has 5 nitrogen and oxygen atoms in total. The van der Waals surface area contributed by atoms with Crippen molar-refractivity contribution in [2.45, 2.75) is 39.3 Å². The Morgan fingerprint density at radius 1 is 1.09 bits per heavy atom. The van der Waals surface area contributed by atoms with Crippen LogP contribution >= 0.6 is 15.9 Å². The Hall–Kier alpha value is -3.12. The van der Waals surface area contributed by atoms with E-state index in [9.17, 15) is 4.79 Å². The number of hydrogen-bond donors (Lipinski definition) is 1. The third-order valence-electron chi connectivity index (χ3n) is 5.87. The molecule has 3 aromatic carbocycles. The lowest BCUT2D eigenvalue weighted by molar-refractivity contribution is 0.0949. The molecule has 0 aliphatic rings. The molecule has 0 aliphatic carbocycles. The van der Waals surface area contributed by atoms with E-state index in [4.69, 9.17) is 9.72 Å². The number of aromatic nitrogens is 2. The van der Waals surface area contributed by atoms with Crippen molar-refractivity contribution in [3.8, 4) is 5.75 Å². The summed E-state index contributed by atoms with van der Waals surface area (Å²) >= 11 is 3.41. The van der Waals surface area contributed by atoms with Gasteiger partial charge in [-0.05, 0) is 60.4 Å². The Morgan fingerprint density at radius 3 is 2.64 bits per heavy atom. The van der Waals surface area contributed by atoms with Crippen LogP contribution in [0.5, 0.6) is 5.75 Å². The van der Waals surface area contributed by atoms with Crippen molar-refractivity contribution in [1.82, 2.24) is 14.9 Å². The van der Waals surface area contributed by atoms with E-state index in [1.165, 1.54) is 5.56 Å². The van der Waals surface area contributed by atoms with E-state index in [2.05, 4.69) is 51.8 Å². The van der Waals surface area contributed by atoms with Gasteiger partial charge in [-0.1, -0.05) is 60.1 Å². The maximum atomic E-state index is 12.6. The molecule has 0 bridgehead atoms. The van der Waals surface area contributed by atoms with E-state index in [1.807, 2.05) is 48.5 Å². The molecular weight excluding hydrogens is 478 g/mol. The maximum Gasteiger partial charge on any atom is 0.251 e. The summed E-state index contributed by atoms with van der Waals surface area (Å²) < 4.78 is 9.01. The zero-order valence-corrected chi connectivity index (χ0v) is 20.5. The number of nitrogens with zero attached hydrogens (tertiary/aromatic N) is 2. The van der Waals surface area contributed by atoms with Gasteiger partial charge in [-0.25, -0.2) is 4.98 Å². The molecule has 1 N–H and O–H groups in total. The van der Waals surface area contributed by atoms with Crippen LogP contribution in [0.15, 0.2) is 77.3 Å². The van der Waals surface area contributed by atoms with Crippen LogP contribution in [0, 0.1) is 0 Å². The molecule has 6 heteroatoms. The number of carbonyl (C=O) groups excluding carboxylic acids is 1. The predicted octanol–water partition coefficient (Wildman–Crippen LogP) is 6.32. The number of halogens is 1. The van der Waals surface area contributed by atoms with E-state index < -0.39 is 0 Å². The molecule has 4 rings (SSSR count). The van der Waals surface area contributed by atoms with E-state index in [0.29, 0.717) is 31.2 Å². The molecule has 170 valence electrons. The molecular formula is C27H28BrN3O2. The van der Waals surface area contributed by atoms with Crippen LogP contribution in [0.2, 0.25) is 0 Å². The number of imidazole rings is 1. The molecule has 1 atom stereocenters. The van der Waals surface area contributed by atoms with Crippen LogP contribution in [0.25, 0.3) is 11.0 Å². The van der Waals surface area contributed by atoms with Crippen molar-refractivity contribution < 1.29 is 9.53 Å². The van der Waals surface area contributed by atoms with E-state index >= 15 is 0 Å². The highest BCUT2D eigenvalue weighted by Gasteiger charge is 2.13. The van der Waals surface area contributed by atoms with E-state index in [1.54, 1.807) is 12.1 Å². The van der Waals surface area contributed by atoms with Gasteiger partial charge in [0.15, 0.2) is 0 Å². The number of amides is 1. The number of para-hydroxylation sites is 2. The average Bonchev–Trinajstić information content (AvgIpc) is 3.20. The monoisotopic (exact) mass is 505 g/mol. The number of ether oxygens (including phenoxy) is 1. The van der Waals surface area contributed by atoms with Gasteiger partial charge < -0.3 is 14.6 Å². The van der Waals surface area contributed by atoms with Crippen molar-refractivity contribution >= 4 is 32.9 Å². The van der Waals surface area contributed by atoms with Gasteiger partial charge >= 0.3 is 0 Å². The molecule has 33 heavy (non-hydrogen) atoms. The number of benzene rings is 3. The molecule has 0 radical (unpaired) electrons. The summed E-state index contributed by atoms with van der Waals surface area (Å²) in [6, 6.07) is 23.7. The zero-order valence-electron chi connectivity index (χ0n) is 18.9. The van der Waals surface area contributed by atoms with E-state index in [0.717, 1.165) is 33.5 Å². The maximum absolute atomic E-state index is 12.6. The lowest BCUT2D eigenvalue weighted by Gasteiger charge is -2.13. The first-order valence-corrected chi connectivity index (χ1v) is 12.0. The summed E-state index contributed by atoms with van der Waals surface area (Å²) in [5.74, 6) is 2.07. The van der Waals surface area contributed by atoms with Gasteiger partial charge in [-0.15, -0.1) is 0 Å². The third-order valence-corrected chi connectivity index (χ3v) is 6.37. The predicted molar refractivity (Wildman–Crippen MR) is 136 cm³/mol. The number of carbonyl (C=O) groups is 1. The molecule has 0 aliphatic heterocycles.